The summed E-state index contributed by atoms with van der Waals surface area (Å²) in [5.74, 6) is -1.31. The van der Waals surface area contributed by atoms with Gasteiger partial charge in [0.2, 0.25) is 0 Å². The SMILES string of the molecule is CC(C)C(Sc1ccc(C#N)c(C(F)(F)F)c1)C(=O)O. The number of carbonyl (C=O) groups is 1. The van der Waals surface area contributed by atoms with E-state index in [9.17, 15) is 18.0 Å². The van der Waals surface area contributed by atoms with E-state index in [0.29, 0.717) is 0 Å². The van der Waals surface area contributed by atoms with Gasteiger partial charge in [-0.3, -0.25) is 4.79 Å². The Bertz CT molecular complexity index is 550. The van der Waals surface area contributed by atoms with Gasteiger partial charge >= 0.3 is 12.1 Å². The fourth-order valence-corrected chi connectivity index (χ4v) is 2.55. The van der Waals surface area contributed by atoms with Crippen LogP contribution in [0.3, 0.4) is 0 Å². The highest BCUT2D eigenvalue weighted by Gasteiger charge is 2.34. The fraction of sp³-hybridized carbons (Fsp3) is 0.385. The molecule has 1 aromatic rings. The second-order valence-corrected chi connectivity index (χ2v) is 5.65. The van der Waals surface area contributed by atoms with E-state index in [1.165, 1.54) is 12.1 Å². The van der Waals surface area contributed by atoms with Crippen molar-refractivity contribution >= 4 is 17.7 Å². The van der Waals surface area contributed by atoms with Crippen LogP contribution in [0.4, 0.5) is 13.2 Å². The molecule has 1 N–H and O–H groups in total. The molecule has 0 aliphatic carbocycles. The molecule has 0 aliphatic rings. The van der Waals surface area contributed by atoms with E-state index >= 15 is 0 Å². The van der Waals surface area contributed by atoms with Crippen molar-refractivity contribution < 1.29 is 23.1 Å². The summed E-state index contributed by atoms with van der Waals surface area (Å²) < 4.78 is 38.4. The van der Waals surface area contributed by atoms with Crippen molar-refractivity contribution in [1.29, 1.82) is 5.26 Å². The van der Waals surface area contributed by atoms with Gasteiger partial charge in [-0.1, -0.05) is 13.8 Å². The number of nitriles is 1. The largest absolute Gasteiger partial charge is 0.480 e. The van der Waals surface area contributed by atoms with E-state index < -0.39 is 28.5 Å². The Labute approximate surface area is 118 Å². The van der Waals surface area contributed by atoms with Crippen LogP contribution in [0.1, 0.15) is 25.0 Å². The Morgan fingerprint density at radius 3 is 2.40 bits per heavy atom. The summed E-state index contributed by atoms with van der Waals surface area (Å²) in [5.41, 5.74) is -1.52. The summed E-state index contributed by atoms with van der Waals surface area (Å²) in [5, 5.41) is 16.9. The van der Waals surface area contributed by atoms with Crippen molar-refractivity contribution in [3.05, 3.63) is 29.3 Å². The molecule has 1 atom stereocenters. The topological polar surface area (TPSA) is 61.1 Å². The average Bonchev–Trinajstić information content (AvgIpc) is 2.33. The molecule has 0 saturated carbocycles. The van der Waals surface area contributed by atoms with Crippen LogP contribution in [0.25, 0.3) is 0 Å². The number of aliphatic carboxylic acids is 1. The molecule has 1 rings (SSSR count). The van der Waals surface area contributed by atoms with E-state index in [1.807, 2.05) is 0 Å². The van der Waals surface area contributed by atoms with Gasteiger partial charge in [-0.15, -0.1) is 11.8 Å². The maximum absolute atomic E-state index is 12.8. The molecule has 0 spiro atoms. The van der Waals surface area contributed by atoms with E-state index in [0.717, 1.165) is 23.9 Å². The standard InChI is InChI=1S/C13H12F3NO2S/c1-7(2)11(12(18)19)20-9-4-3-8(6-17)10(5-9)13(14,15)16/h3-5,7,11H,1-2H3,(H,18,19). The van der Waals surface area contributed by atoms with Gasteiger partial charge < -0.3 is 5.11 Å². The van der Waals surface area contributed by atoms with Crippen LogP contribution < -0.4 is 0 Å². The first kappa shape index (κ1) is 16.4. The number of nitrogens with zero attached hydrogens (tertiary/aromatic N) is 1. The summed E-state index contributed by atoms with van der Waals surface area (Å²) >= 11 is 0.845. The number of alkyl halides is 3. The van der Waals surface area contributed by atoms with Gasteiger partial charge in [-0.2, -0.15) is 18.4 Å². The van der Waals surface area contributed by atoms with Gasteiger partial charge in [0.15, 0.2) is 0 Å². The lowest BCUT2D eigenvalue weighted by Crippen LogP contribution is -2.22. The summed E-state index contributed by atoms with van der Waals surface area (Å²) in [6.45, 7) is 3.36. The van der Waals surface area contributed by atoms with Crippen LogP contribution in [-0.4, -0.2) is 16.3 Å². The highest BCUT2D eigenvalue weighted by atomic mass is 32.2. The quantitative estimate of drug-likeness (QED) is 0.860. The van der Waals surface area contributed by atoms with Crippen molar-refractivity contribution in [2.45, 2.75) is 30.2 Å². The number of thioether (sulfide) groups is 1. The molecular weight excluding hydrogens is 291 g/mol. The molecule has 0 radical (unpaired) electrons. The van der Waals surface area contributed by atoms with Crippen LogP contribution >= 0.6 is 11.8 Å². The van der Waals surface area contributed by atoms with Crippen LogP contribution in [0, 0.1) is 17.2 Å². The van der Waals surface area contributed by atoms with E-state index in [1.54, 1.807) is 13.8 Å². The number of hydrogen-bond acceptors (Lipinski definition) is 3. The van der Waals surface area contributed by atoms with E-state index in [2.05, 4.69) is 0 Å². The number of hydrogen-bond donors (Lipinski definition) is 1. The second kappa shape index (κ2) is 6.18. The summed E-state index contributed by atoms with van der Waals surface area (Å²) in [6, 6.07) is 4.69. The Balaban J connectivity index is 3.16. The van der Waals surface area contributed by atoms with Crippen LogP contribution in [0.5, 0.6) is 0 Å². The maximum atomic E-state index is 12.8. The monoisotopic (exact) mass is 303 g/mol. The summed E-state index contributed by atoms with van der Waals surface area (Å²) in [7, 11) is 0. The van der Waals surface area contributed by atoms with Crippen molar-refractivity contribution in [3.8, 4) is 6.07 Å². The Kier molecular flexibility index (Phi) is 5.06. The lowest BCUT2D eigenvalue weighted by Gasteiger charge is -2.17. The second-order valence-electron chi connectivity index (χ2n) is 4.44. The molecule has 0 fully saturated rings. The van der Waals surface area contributed by atoms with E-state index in [-0.39, 0.29) is 10.8 Å². The molecule has 1 unspecified atom stereocenters. The smallest absolute Gasteiger partial charge is 0.417 e. The molecule has 3 nitrogen and oxygen atoms in total. The molecular formula is C13H12F3NO2S. The highest BCUT2D eigenvalue weighted by molar-refractivity contribution is 8.00. The Morgan fingerprint density at radius 2 is 2.00 bits per heavy atom. The predicted octanol–water partition coefficient (Wildman–Crippen LogP) is 3.78. The minimum Gasteiger partial charge on any atom is -0.480 e. The Morgan fingerprint density at radius 1 is 1.40 bits per heavy atom. The van der Waals surface area contributed by atoms with Gasteiger partial charge in [0, 0.05) is 4.90 Å². The van der Waals surface area contributed by atoms with Gasteiger partial charge in [-0.05, 0) is 24.1 Å². The van der Waals surface area contributed by atoms with E-state index in [4.69, 9.17) is 10.4 Å². The molecule has 20 heavy (non-hydrogen) atoms. The fourth-order valence-electron chi connectivity index (χ4n) is 1.55. The number of carboxylic acids is 1. The highest BCUT2D eigenvalue weighted by Crippen LogP contribution is 2.36. The van der Waals surface area contributed by atoms with Gasteiger partial charge in [0.25, 0.3) is 0 Å². The first-order chi connectivity index (χ1) is 9.16. The molecule has 0 heterocycles. The minimum atomic E-state index is -4.64. The van der Waals surface area contributed by atoms with Crippen molar-refractivity contribution in [3.63, 3.8) is 0 Å². The lowest BCUT2D eigenvalue weighted by atomic mass is 10.1. The van der Waals surface area contributed by atoms with Crippen LogP contribution in [-0.2, 0) is 11.0 Å². The predicted molar refractivity (Wildman–Crippen MR) is 68.3 cm³/mol. The average molecular weight is 303 g/mol. The molecule has 0 saturated heterocycles. The summed E-state index contributed by atoms with van der Waals surface area (Å²) in [4.78, 5) is 11.2. The third-order valence-electron chi connectivity index (χ3n) is 2.53. The molecule has 7 heteroatoms. The van der Waals surface area contributed by atoms with Crippen LogP contribution in [0.15, 0.2) is 23.1 Å². The van der Waals surface area contributed by atoms with Crippen molar-refractivity contribution in [2.75, 3.05) is 0 Å². The molecule has 1 aromatic carbocycles. The zero-order valence-electron chi connectivity index (χ0n) is 10.7. The molecule has 0 amide bonds. The Hall–Kier alpha value is -1.68. The van der Waals surface area contributed by atoms with Gasteiger partial charge in [-0.25, -0.2) is 0 Å². The van der Waals surface area contributed by atoms with Crippen molar-refractivity contribution in [1.82, 2.24) is 0 Å². The zero-order valence-corrected chi connectivity index (χ0v) is 11.5. The maximum Gasteiger partial charge on any atom is 0.417 e. The first-order valence-corrected chi connectivity index (χ1v) is 6.55. The number of benzene rings is 1. The third-order valence-corrected chi connectivity index (χ3v) is 4.05. The number of rotatable bonds is 4. The van der Waals surface area contributed by atoms with Crippen LogP contribution in [0.2, 0.25) is 0 Å². The van der Waals surface area contributed by atoms with Crippen molar-refractivity contribution in [2.24, 2.45) is 5.92 Å². The molecule has 108 valence electrons. The third kappa shape index (κ3) is 3.90. The zero-order chi connectivity index (χ0) is 15.5. The van der Waals surface area contributed by atoms with Gasteiger partial charge in [0.1, 0.15) is 5.25 Å². The first-order valence-electron chi connectivity index (χ1n) is 5.67. The lowest BCUT2D eigenvalue weighted by molar-refractivity contribution is -0.138. The number of carboxylic acid groups (broad SMARTS) is 1. The molecule has 0 bridgehead atoms. The normalized spacial score (nSPS) is 13.1. The summed E-state index contributed by atoms with van der Waals surface area (Å²) in [6.07, 6.45) is -4.64. The molecule has 0 aliphatic heterocycles. The number of halogens is 3. The van der Waals surface area contributed by atoms with Gasteiger partial charge in [0.05, 0.1) is 17.2 Å². The molecule has 0 aromatic heterocycles. The minimum absolute atomic E-state index is 0.178.